The van der Waals surface area contributed by atoms with Crippen LogP contribution in [0.1, 0.15) is 6.42 Å². The Morgan fingerprint density at radius 1 is 1.50 bits per heavy atom. The minimum atomic E-state index is -4.51. The fraction of sp³-hybridized carbons (Fsp3) is 0.800. The molecule has 3 nitrogen and oxygen atoms in total. The summed E-state index contributed by atoms with van der Waals surface area (Å²) in [6.07, 6.45) is -5.47. The molecular weight excluding hydrogens is 199 g/mol. The summed E-state index contributed by atoms with van der Waals surface area (Å²) in [6.45, 7) is -0.685. The molecule has 0 radical (unpaired) electrons. The summed E-state index contributed by atoms with van der Waals surface area (Å²) in [4.78, 5) is 9.86. The molecule has 0 saturated heterocycles. The molecule has 0 aromatic heterocycles. The van der Waals surface area contributed by atoms with Gasteiger partial charge >= 0.3 is 12.1 Å². The van der Waals surface area contributed by atoms with Crippen molar-refractivity contribution in [2.45, 2.75) is 12.6 Å². The molecule has 0 heterocycles. The summed E-state index contributed by atoms with van der Waals surface area (Å²) in [5, 5.41) is 8.02. The van der Waals surface area contributed by atoms with Crippen molar-refractivity contribution in [1.82, 2.24) is 0 Å². The van der Waals surface area contributed by atoms with Gasteiger partial charge < -0.3 is 10.8 Å². The predicted molar refractivity (Wildman–Crippen MR) is 38.1 cm³/mol. The van der Waals surface area contributed by atoms with E-state index in [0.717, 1.165) is 0 Å². The van der Waals surface area contributed by atoms with Crippen molar-refractivity contribution in [3.63, 3.8) is 0 Å². The normalized spacial score (nSPS) is 13.3. The van der Waals surface area contributed by atoms with E-state index < -0.39 is 31.0 Å². The van der Waals surface area contributed by atoms with Gasteiger partial charge in [-0.3, -0.25) is 4.79 Å². The molecule has 12 heavy (non-hydrogen) atoms. The monoisotopic (exact) mass is 207 g/mol. The summed E-state index contributed by atoms with van der Waals surface area (Å²) in [7, 11) is 0. The molecule has 0 spiro atoms. The van der Waals surface area contributed by atoms with Crippen LogP contribution < -0.4 is 5.73 Å². The Labute approximate surface area is 73.1 Å². The maximum Gasteiger partial charge on any atom is 0.393 e. The SMILES string of the molecule is Cl.NCC(CC(=O)O)C(F)(F)F. The molecule has 7 heteroatoms. The third-order valence-corrected chi connectivity index (χ3v) is 1.17. The first-order chi connectivity index (χ1) is 4.88. The summed E-state index contributed by atoms with van der Waals surface area (Å²) in [5.41, 5.74) is 4.72. The Morgan fingerprint density at radius 2 is 1.92 bits per heavy atom. The molecule has 0 amide bonds. The van der Waals surface area contributed by atoms with E-state index in [0.29, 0.717) is 0 Å². The minimum Gasteiger partial charge on any atom is -0.481 e. The quantitative estimate of drug-likeness (QED) is 0.726. The van der Waals surface area contributed by atoms with Crippen LogP contribution in [0.5, 0.6) is 0 Å². The van der Waals surface area contributed by atoms with Gasteiger partial charge in [-0.2, -0.15) is 13.2 Å². The molecule has 74 valence electrons. The van der Waals surface area contributed by atoms with Gasteiger partial charge in [-0.1, -0.05) is 0 Å². The second kappa shape index (κ2) is 5.21. The number of hydrogen-bond donors (Lipinski definition) is 2. The van der Waals surface area contributed by atoms with E-state index in [9.17, 15) is 18.0 Å². The van der Waals surface area contributed by atoms with E-state index >= 15 is 0 Å². The van der Waals surface area contributed by atoms with Crippen molar-refractivity contribution in [2.24, 2.45) is 11.7 Å². The van der Waals surface area contributed by atoms with Gasteiger partial charge in [0, 0.05) is 6.54 Å². The molecule has 0 fully saturated rings. The fourth-order valence-corrected chi connectivity index (χ4v) is 0.543. The van der Waals surface area contributed by atoms with E-state index in [1.54, 1.807) is 0 Å². The maximum absolute atomic E-state index is 11.7. The smallest absolute Gasteiger partial charge is 0.393 e. The van der Waals surface area contributed by atoms with Gasteiger partial charge in [0.25, 0.3) is 0 Å². The van der Waals surface area contributed by atoms with E-state index in [2.05, 4.69) is 0 Å². The van der Waals surface area contributed by atoms with Gasteiger partial charge in [-0.25, -0.2) is 0 Å². The molecule has 3 N–H and O–H groups in total. The van der Waals surface area contributed by atoms with Crippen molar-refractivity contribution in [3.8, 4) is 0 Å². The lowest BCUT2D eigenvalue weighted by molar-refractivity contribution is -0.180. The number of halogens is 4. The van der Waals surface area contributed by atoms with Gasteiger partial charge in [-0.05, 0) is 0 Å². The molecule has 0 rings (SSSR count). The minimum absolute atomic E-state index is 0. The predicted octanol–water partition coefficient (Wildman–Crippen LogP) is 1.02. The number of hydrogen-bond acceptors (Lipinski definition) is 2. The van der Waals surface area contributed by atoms with Crippen molar-refractivity contribution in [3.05, 3.63) is 0 Å². The molecule has 0 saturated carbocycles. The van der Waals surface area contributed by atoms with E-state index in [1.807, 2.05) is 0 Å². The first-order valence-corrected chi connectivity index (χ1v) is 2.86. The second-order valence-electron chi connectivity index (χ2n) is 2.07. The van der Waals surface area contributed by atoms with Gasteiger partial charge in [0.2, 0.25) is 0 Å². The lowest BCUT2D eigenvalue weighted by atomic mass is 10.1. The maximum atomic E-state index is 11.7. The molecule has 0 aliphatic heterocycles. The average Bonchev–Trinajstić information content (AvgIpc) is 1.79. The van der Waals surface area contributed by atoms with Gasteiger partial charge in [0.1, 0.15) is 0 Å². The van der Waals surface area contributed by atoms with Crippen molar-refractivity contribution < 1.29 is 23.1 Å². The largest absolute Gasteiger partial charge is 0.481 e. The lowest BCUT2D eigenvalue weighted by Crippen LogP contribution is -2.32. The highest BCUT2D eigenvalue weighted by Gasteiger charge is 2.39. The molecule has 0 aromatic carbocycles. The first-order valence-electron chi connectivity index (χ1n) is 2.86. The van der Waals surface area contributed by atoms with Gasteiger partial charge in [-0.15, -0.1) is 12.4 Å². The average molecular weight is 208 g/mol. The van der Waals surface area contributed by atoms with Gasteiger partial charge in [0.15, 0.2) is 0 Å². The highest BCUT2D eigenvalue weighted by Crippen LogP contribution is 2.27. The molecule has 0 aliphatic rings. The summed E-state index contributed by atoms with van der Waals surface area (Å²) < 4.78 is 35.2. The highest BCUT2D eigenvalue weighted by atomic mass is 35.5. The van der Waals surface area contributed by atoms with Crippen molar-refractivity contribution in [2.75, 3.05) is 6.54 Å². The van der Waals surface area contributed by atoms with Crippen molar-refractivity contribution in [1.29, 1.82) is 0 Å². The number of nitrogens with two attached hydrogens (primary N) is 1. The topological polar surface area (TPSA) is 63.3 Å². The third kappa shape index (κ3) is 5.20. The van der Waals surface area contributed by atoms with Crippen LogP contribution in [0.2, 0.25) is 0 Å². The molecule has 1 unspecified atom stereocenters. The van der Waals surface area contributed by atoms with Crippen LogP contribution in [0.15, 0.2) is 0 Å². The third-order valence-electron chi connectivity index (χ3n) is 1.17. The van der Waals surface area contributed by atoms with Crippen LogP contribution in [0.3, 0.4) is 0 Å². The molecule has 0 aliphatic carbocycles. The van der Waals surface area contributed by atoms with E-state index in [-0.39, 0.29) is 12.4 Å². The Bertz CT molecular complexity index is 150. The second-order valence-corrected chi connectivity index (χ2v) is 2.07. The van der Waals surface area contributed by atoms with Crippen LogP contribution in [-0.4, -0.2) is 23.8 Å². The summed E-state index contributed by atoms with van der Waals surface area (Å²) in [5.74, 6) is -3.42. The Hall–Kier alpha value is -0.490. The van der Waals surface area contributed by atoms with Crippen LogP contribution in [-0.2, 0) is 4.79 Å². The zero-order valence-corrected chi connectivity index (χ0v) is 6.78. The van der Waals surface area contributed by atoms with E-state index in [4.69, 9.17) is 10.8 Å². The summed E-state index contributed by atoms with van der Waals surface area (Å²) >= 11 is 0. The fourth-order valence-electron chi connectivity index (χ4n) is 0.543. The number of carbonyl (C=O) groups is 1. The first kappa shape index (κ1) is 14.1. The number of carboxylic acid groups (broad SMARTS) is 1. The Balaban J connectivity index is 0. The van der Waals surface area contributed by atoms with Crippen LogP contribution >= 0.6 is 12.4 Å². The Kier molecular flexibility index (Phi) is 6.10. The van der Waals surface area contributed by atoms with E-state index in [1.165, 1.54) is 0 Å². The number of rotatable bonds is 3. The number of aliphatic carboxylic acids is 1. The Morgan fingerprint density at radius 3 is 2.00 bits per heavy atom. The van der Waals surface area contributed by atoms with Gasteiger partial charge in [0.05, 0.1) is 12.3 Å². The molecule has 0 bridgehead atoms. The number of alkyl halides is 3. The number of carboxylic acids is 1. The molecule has 1 atom stereocenters. The van der Waals surface area contributed by atoms with Crippen LogP contribution in [0.25, 0.3) is 0 Å². The van der Waals surface area contributed by atoms with Crippen molar-refractivity contribution >= 4 is 18.4 Å². The van der Waals surface area contributed by atoms with Crippen LogP contribution in [0, 0.1) is 5.92 Å². The van der Waals surface area contributed by atoms with Crippen LogP contribution in [0.4, 0.5) is 13.2 Å². The zero-order chi connectivity index (χ0) is 9.07. The molecule has 0 aromatic rings. The highest BCUT2D eigenvalue weighted by molar-refractivity contribution is 5.85. The lowest BCUT2D eigenvalue weighted by Gasteiger charge is -2.15. The molecular formula is C5H9ClF3NO2. The summed E-state index contributed by atoms with van der Waals surface area (Å²) in [6, 6.07) is 0. The zero-order valence-electron chi connectivity index (χ0n) is 5.97. The standard InChI is InChI=1S/C5H8F3NO2.ClH/c6-5(7,8)3(2-9)1-4(10)11;/h3H,1-2,9H2,(H,10,11);1H.